The Morgan fingerprint density at radius 1 is 1.21 bits per heavy atom. The molecule has 0 saturated heterocycles. The molecule has 0 aliphatic rings. The minimum Gasteiger partial charge on any atom is -0.460 e. The van der Waals surface area contributed by atoms with Gasteiger partial charge in [-0.15, -0.1) is 0 Å². The van der Waals surface area contributed by atoms with Gasteiger partial charge in [0.25, 0.3) is 11.6 Å². The SMILES string of the molecule is O=C(CNC(=O)c1ccc(Cl)c([N+](=O)[O-])c1)OCc1ccc(-n2cccn2)cc1. The largest absolute Gasteiger partial charge is 0.460 e. The third-order valence-corrected chi connectivity index (χ3v) is 4.22. The van der Waals surface area contributed by atoms with E-state index in [4.69, 9.17) is 16.3 Å². The molecule has 3 aromatic rings. The summed E-state index contributed by atoms with van der Waals surface area (Å²) < 4.78 is 6.82. The van der Waals surface area contributed by atoms with Crippen LogP contribution in [0.5, 0.6) is 0 Å². The molecular weight excluding hydrogens is 400 g/mol. The highest BCUT2D eigenvalue weighted by molar-refractivity contribution is 6.32. The summed E-state index contributed by atoms with van der Waals surface area (Å²) in [6.07, 6.45) is 3.49. The molecule has 3 rings (SSSR count). The highest BCUT2D eigenvalue weighted by Crippen LogP contribution is 2.24. The minimum atomic E-state index is -0.689. The number of hydrogen-bond acceptors (Lipinski definition) is 6. The third kappa shape index (κ3) is 5.17. The molecule has 0 bridgehead atoms. The Morgan fingerprint density at radius 3 is 2.62 bits per heavy atom. The molecule has 0 atom stereocenters. The molecule has 2 aromatic carbocycles. The van der Waals surface area contributed by atoms with Gasteiger partial charge in [0, 0.05) is 24.0 Å². The van der Waals surface area contributed by atoms with Crippen LogP contribution >= 0.6 is 11.6 Å². The second-order valence-electron chi connectivity index (χ2n) is 5.88. The zero-order chi connectivity index (χ0) is 20.8. The van der Waals surface area contributed by atoms with E-state index in [1.165, 1.54) is 12.1 Å². The van der Waals surface area contributed by atoms with Gasteiger partial charge in [0.05, 0.1) is 10.6 Å². The lowest BCUT2D eigenvalue weighted by Gasteiger charge is -2.08. The van der Waals surface area contributed by atoms with Crippen molar-refractivity contribution in [1.82, 2.24) is 15.1 Å². The predicted molar refractivity (Wildman–Crippen MR) is 104 cm³/mol. The van der Waals surface area contributed by atoms with E-state index in [-0.39, 0.29) is 29.4 Å². The average molecular weight is 415 g/mol. The lowest BCUT2D eigenvalue weighted by Crippen LogP contribution is -2.30. The first-order chi connectivity index (χ1) is 13.9. The summed E-state index contributed by atoms with van der Waals surface area (Å²) in [7, 11) is 0. The van der Waals surface area contributed by atoms with Crippen molar-refractivity contribution in [3.05, 3.63) is 87.2 Å². The minimum absolute atomic E-state index is 0.0168. The number of esters is 1. The van der Waals surface area contributed by atoms with E-state index in [1.54, 1.807) is 23.0 Å². The maximum absolute atomic E-state index is 12.1. The van der Waals surface area contributed by atoms with Gasteiger partial charge in [-0.2, -0.15) is 5.10 Å². The van der Waals surface area contributed by atoms with Crippen molar-refractivity contribution in [1.29, 1.82) is 0 Å². The van der Waals surface area contributed by atoms with E-state index in [9.17, 15) is 19.7 Å². The van der Waals surface area contributed by atoms with Crippen LogP contribution in [0.4, 0.5) is 5.69 Å². The van der Waals surface area contributed by atoms with Crippen LogP contribution in [-0.2, 0) is 16.1 Å². The van der Waals surface area contributed by atoms with Crippen LogP contribution < -0.4 is 5.32 Å². The number of nitro benzene ring substituents is 1. The fraction of sp³-hybridized carbons (Fsp3) is 0.105. The number of nitrogens with one attached hydrogen (secondary N) is 1. The van der Waals surface area contributed by atoms with E-state index in [2.05, 4.69) is 10.4 Å². The predicted octanol–water partition coefficient (Wildman–Crippen LogP) is 2.91. The van der Waals surface area contributed by atoms with E-state index in [0.717, 1.165) is 17.3 Å². The molecule has 0 saturated carbocycles. The third-order valence-electron chi connectivity index (χ3n) is 3.90. The number of rotatable bonds is 7. The lowest BCUT2D eigenvalue weighted by molar-refractivity contribution is -0.384. The fourth-order valence-electron chi connectivity index (χ4n) is 2.43. The monoisotopic (exact) mass is 414 g/mol. The molecule has 0 aliphatic heterocycles. The second-order valence-corrected chi connectivity index (χ2v) is 6.29. The Labute approximate surface area is 170 Å². The molecule has 29 heavy (non-hydrogen) atoms. The maximum Gasteiger partial charge on any atom is 0.325 e. The van der Waals surface area contributed by atoms with Crippen molar-refractivity contribution in [3.63, 3.8) is 0 Å². The van der Waals surface area contributed by atoms with Gasteiger partial charge in [0.1, 0.15) is 18.2 Å². The fourth-order valence-corrected chi connectivity index (χ4v) is 2.62. The van der Waals surface area contributed by atoms with Crippen LogP contribution in [0.25, 0.3) is 5.69 Å². The number of benzene rings is 2. The van der Waals surface area contributed by atoms with Gasteiger partial charge in [-0.25, -0.2) is 4.68 Å². The zero-order valence-electron chi connectivity index (χ0n) is 14.9. The molecule has 10 heteroatoms. The van der Waals surface area contributed by atoms with Crippen LogP contribution in [0.15, 0.2) is 60.9 Å². The number of nitrogens with zero attached hydrogens (tertiary/aromatic N) is 3. The van der Waals surface area contributed by atoms with Gasteiger partial charge in [0.15, 0.2) is 0 Å². The van der Waals surface area contributed by atoms with Crippen LogP contribution in [0.2, 0.25) is 5.02 Å². The molecule has 0 radical (unpaired) electrons. The first-order valence-corrected chi connectivity index (χ1v) is 8.78. The number of carbonyl (C=O) groups excluding carboxylic acids is 2. The number of nitro groups is 1. The number of ether oxygens (including phenoxy) is 1. The van der Waals surface area contributed by atoms with Crippen LogP contribution in [0, 0.1) is 10.1 Å². The summed E-state index contributed by atoms with van der Waals surface area (Å²) in [5.41, 5.74) is 1.27. The van der Waals surface area contributed by atoms with Crippen molar-refractivity contribution < 1.29 is 19.2 Å². The van der Waals surface area contributed by atoms with Crippen molar-refractivity contribution in [2.45, 2.75) is 6.61 Å². The molecule has 1 heterocycles. The normalized spacial score (nSPS) is 10.4. The smallest absolute Gasteiger partial charge is 0.325 e. The van der Waals surface area contributed by atoms with Crippen LogP contribution in [0.3, 0.4) is 0 Å². The summed E-state index contributed by atoms with van der Waals surface area (Å²) >= 11 is 5.71. The van der Waals surface area contributed by atoms with E-state index in [1.807, 2.05) is 24.4 Å². The molecule has 1 aromatic heterocycles. The summed E-state index contributed by atoms with van der Waals surface area (Å²) in [6, 6.07) is 12.7. The van der Waals surface area contributed by atoms with Gasteiger partial charge in [0.2, 0.25) is 0 Å². The van der Waals surface area contributed by atoms with Gasteiger partial charge < -0.3 is 10.1 Å². The molecule has 1 N–H and O–H groups in total. The standard InChI is InChI=1S/C19H15ClN4O5/c20-16-7-4-14(10-17(16)24(27)28)19(26)21-11-18(25)29-12-13-2-5-15(6-3-13)23-9-1-8-22-23/h1-10H,11-12H2,(H,21,26). The Bertz CT molecular complexity index is 1040. The lowest BCUT2D eigenvalue weighted by atomic mass is 10.2. The zero-order valence-corrected chi connectivity index (χ0v) is 15.7. The Balaban J connectivity index is 1.49. The van der Waals surface area contributed by atoms with Crippen molar-refractivity contribution in [2.24, 2.45) is 0 Å². The summed E-state index contributed by atoms with van der Waals surface area (Å²) in [5, 5.41) is 17.3. The van der Waals surface area contributed by atoms with Crippen molar-refractivity contribution in [2.75, 3.05) is 6.54 Å². The summed E-state index contributed by atoms with van der Waals surface area (Å²) in [6.45, 7) is -0.332. The molecule has 9 nitrogen and oxygen atoms in total. The van der Waals surface area contributed by atoms with Crippen LogP contribution in [-0.4, -0.2) is 33.1 Å². The second kappa shape index (κ2) is 8.98. The van der Waals surface area contributed by atoms with Crippen molar-refractivity contribution in [3.8, 4) is 5.69 Å². The Hall–Kier alpha value is -3.72. The highest BCUT2D eigenvalue weighted by atomic mass is 35.5. The molecule has 0 spiro atoms. The molecule has 0 unspecified atom stereocenters. The number of aromatic nitrogens is 2. The number of amides is 1. The van der Waals surface area contributed by atoms with Gasteiger partial charge in [-0.05, 0) is 35.9 Å². The Kier molecular flexibility index (Phi) is 6.20. The summed E-state index contributed by atoms with van der Waals surface area (Å²) in [5.74, 6) is -1.29. The first-order valence-electron chi connectivity index (χ1n) is 8.41. The number of carbonyl (C=O) groups is 2. The maximum atomic E-state index is 12.1. The average Bonchev–Trinajstić information content (AvgIpc) is 3.26. The quantitative estimate of drug-likeness (QED) is 0.361. The number of halogens is 1. The van der Waals surface area contributed by atoms with Crippen LogP contribution in [0.1, 0.15) is 15.9 Å². The summed E-state index contributed by atoms with van der Waals surface area (Å²) in [4.78, 5) is 34.1. The molecule has 148 valence electrons. The van der Waals surface area contributed by atoms with Gasteiger partial charge >= 0.3 is 5.97 Å². The first kappa shape index (κ1) is 20.0. The van der Waals surface area contributed by atoms with Crippen molar-refractivity contribution >= 4 is 29.2 Å². The van der Waals surface area contributed by atoms with Gasteiger partial charge in [-0.3, -0.25) is 19.7 Å². The molecule has 0 fully saturated rings. The number of hydrogen-bond donors (Lipinski definition) is 1. The molecule has 1 amide bonds. The van der Waals surface area contributed by atoms with Gasteiger partial charge in [-0.1, -0.05) is 23.7 Å². The van der Waals surface area contributed by atoms with E-state index >= 15 is 0 Å². The topological polar surface area (TPSA) is 116 Å². The van der Waals surface area contributed by atoms with E-state index < -0.39 is 16.8 Å². The molecular formula is C19H15ClN4O5. The van der Waals surface area contributed by atoms with E-state index in [0.29, 0.717) is 0 Å². The Morgan fingerprint density at radius 2 is 1.97 bits per heavy atom. The molecule has 0 aliphatic carbocycles. The highest BCUT2D eigenvalue weighted by Gasteiger charge is 2.17.